The molecule has 0 bridgehead atoms. The number of benzene rings is 1. The summed E-state index contributed by atoms with van der Waals surface area (Å²) >= 11 is 0. The fraction of sp³-hybridized carbons (Fsp3) is 0.200. The Kier molecular flexibility index (Phi) is 3.82. The molecule has 0 aliphatic carbocycles. The number of carboxylic acids is 1. The summed E-state index contributed by atoms with van der Waals surface area (Å²) in [5, 5.41) is 10.9. The maximum Gasteiger partial charge on any atom is 0.407 e. The Bertz CT molecular complexity index is 408. The van der Waals surface area contributed by atoms with E-state index in [1.807, 2.05) is 5.32 Å². The molecule has 6 heteroatoms. The van der Waals surface area contributed by atoms with Crippen molar-refractivity contribution in [1.82, 2.24) is 5.32 Å². The minimum absolute atomic E-state index is 0.125. The lowest BCUT2D eigenvalue weighted by molar-refractivity contribution is -0.139. The van der Waals surface area contributed by atoms with Crippen LogP contribution in [0.25, 0.3) is 0 Å². The predicted octanol–water partition coefficient (Wildman–Crippen LogP) is 1.31. The Morgan fingerprint density at radius 1 is 1.44 bits per heavy atom. The molecule has 2 N–H and O–H groups in total. The first kappa shape index (κ1) is 12.0. The maximum absolute atomic E-state index is 13.3. The lowest BCUT2D eigenvalue weighted by atomic mass is 10.1. The second-order valence-electron chi connectivity index (χ2n) is 2.93. The summed E-state index contributed by atoms with van der Waals surface area (Å²) in [6, 6.07) is 3.84. The molecule has 0 heterocycles. The van der Waals surface area contributed by atoms with Crippen LogP contribution in [0.1, 0.15) is 11.6 Å². The van der Waals surface area contributed by atoms with Crippen LogP contribution < -0.4 is 5.32 Å². The van der Waals surface area contributed by atoms with E-state index in [9.17, 15) is 14.0 Å². The van der Waals surface area contributed by atoms with Gasteiger partial charge in [0.25, 0.3) is 0 Å². The van der Waals surface area contributed by atoms with E-state index in [0.717, 1.165) is 13.2 Å². The van der Waals surface area contributed by atoms with Gasteiger partial charge in [0.1, 0.15) is 5.82 Å². The summed E-state index contributed by atoms with van der Waals surface area (Å²) in [5.41, 5.74) is -0.125. The second kappa shape index (κ2) is 5.11. The molecule has 86 valence electrons. The molecule has 1 atom stereocenters. The molecule has 1 amide bonds. The number of amides is 1. The van der Waals surface area contributed by atoms with Crippen LogP contribution in [0.15, 0.2) is 24.3 Å². The molecular formula is C10H10FNO4. The molecule has 0 saturated carbocycles. The van der Waals surface area contributed by atoms with Crippen molar-refractivity contribution in [3.05, 3.63) is 35.6 Å². The van der Waals surface area contributed by atoms with Gasteiger partial charge in [0.05, 0.1) is 7.11 Å². The van der Waals surface area contributed by atoms with Gasteiger partial charge in [0.15, 0.2) is 6.04 Å². The number of aliphatic carboxylic acids is 1. The van der Waals surface area contributed by atoms with Crippen molar-refractivity contribution >= 4 is 12.1 Å². The van der Waals surface area contributed by atoms with Crippen molar-refractivity contribution in [3.63, 3.8) is 0 Å². The molecule has 5 nitrogen and oxygen atoms in total. The normalized spacial score (nSPS) is 11.6. The van der Waals surface area contributed by atoms with Gasteiger partial charge in [-0.3, -0.25) is 0 Å². The van der Waals surface area contributed by atoms with Gasteiger partial charge >= 0.3 is 12.1 Å². The number of ether oxygens (including phenoxy) is 1. The minimum atomic E-state index is -1.46. The largest absolute Gasteiger partial charge is 0.479 e. The fourth-order valence-corrected chi connectivity index (χ4v) is 1.16. The highest BCUT2D eigenvalue weighted by molar-refractivity contribution is 5.81. The molecule has 1 aromatic carbocycles. The molecule has 0 aliphatic rings. The van der Waals surface area contributed by atoms with Crippen LogP contribution in [-0.2, 0) is 9.53 Å². The number of alkyl carbamates (subject to hydrolysis) is 1. The van der Waals surface area contributed by atoms with E-state index >= 15 is 0 Å². The molecule has 0 aromatic heterocycles. The Morgan fingerprint density at radius 2 is 2.06 bits per heavy atom. The van der Waals surface area contributed by atoms with E-state index < -0.39 is 23.9 Å². The van der Waals surface area contributed by atoms with Gasteiger partial charge in [-0.1, -0.05) is 18.2 Å². The highest BCUT2D eigenvalue weighted by Crippen LogP contribution is 2.17. The first-order valence-corrected chi connectivity index (χ1v) is 4.38. The lowest BCUT2D eigenvalue weighted by Gasteiger charge is -2.14. The van der Waals surface area contributed by atoms with E-state index in [2.05, 4.69) is 4.74 Å². The number of hydrogen-bond donors (Lipinski definition) is 2. The molecule has 16 heavy (non-hydrogen) atoms. The zero-order valence-corrected chi connectivity index (χ0v) is 8.44. The monoisotopic (exact) mass is 227 g/mol. The van der Waals surface area contributed by atoms with Crippen molar-refractivity contribution in [2.45, 2.75) is 6.04 Å². The number of hydrogen-bond acceptors (Lipinski definition) is 3. The zero-order valence-electron chi connectivity index (χ0n) is 8.44. The topological polar surface area (TPSA) is 75.6 Å². The van der Waals surface area contributed by atoms with Crippen molar-refractivity contribution in [1.29, 1.82) is 0 Å². The second-order valence-corrected chi connectivity index (χ2v) is 2.93. The molecule has 0 saturated heterocycles. The summed E-state index contributed by atoms with van der Waals surface area (Å²) in [5.74, 6) is -2.07. The van der Waals surface area contributed by atoms with Gasteiger partial charge in [-0.2, -0.15) is 0 Å². The Balaban J connectivity index is 2.99. The average molecular weight is 227 g/mol. The number of carboxylic acid groups (broad SMARTS) is 1. The van der Waals surface area contributed by atoms with Crippen LogP contribution in [0.2, 0.25) is 0 Å². The molecule has 0 spiro atoms. The standard InChI is InChI=1S/C10H10FNO4/c1-16-10(15)12-8(9(13)14)6-4-2-3-5-7(6)11/h2-5,8H,1H3,(H,12,15)(H,13,14)/t8-/m1/s1. The first-order valence-electron chi connectivity index (χ1n) is 4.38. The van der Waals surface area contributed by atoms with E-state index in [-0.39, 0.29) is 5.56 Å². The molecule has 1 rings (SSSR count). The Hall–Kier alpha value is -2.11. The van der Waals surface area contributed by atoms with Crippen LogP contribution in [-0.4, -0.2) is 24.3 Å². The zero-order chi connectivity index (χ0) is 12.1. The number of carbonyl (C=O) groups excluding carboxylic acids is 1. The van der Waals surface area contributed by atoms with Gasteiger partial charge in [-0.05, 0) is 6.07 Å². The SMILES string of the molecule is COC(=O)N[C@@H](C(=O)O)c1ccccc1F. The van der Waals surface area contributed by atoms with Crippen molar-refractivity contribution in [2.75, 3.05) is 7.11 Å². The average Bonchev–Trinajstić information content (AvgIpc) is 2.26. The molecule has 1 aromatic rings. The van der Waals surface area contributed by atoms with Crippen LogP contribution in [0.4, 0.5) is 9.18 Å². The first-order chi connectivity index (χ1) is 7.56. The number of halogens is 1. The molecule has 0 unspecified atom stereocenters. The molecule has 0 radical (unpaired) electrons. The number of nitrogens with one attached hydrogen (secondary N) is 1. The van der Waals surface area contributed by atoms with Gasteiger partial charge in [0, 0.05) is 5.56 Å². The van der Waals surface area contributed by atoms with Gasteiger partial charge in [-0.15, -0.1) is 0 Å². The predicted molar refractivity (Wildman–Crippen MR) is 52.3 cm³/mol. The Labute approximate surface area is 90.8 Å². The maximum atomic E-state index is 13.3. The molecule has 0 aliphatic heterocycles. The van der Waals surface area contributed by atoms with E-state index in [1.165, 1.54) is 18.2 Å². The summed E-state index contributed by atoms with van der Waals surface area (Å²) in [6.07, 6.45) is -0.935. The third kappa shape index (κ3) is 2.69. The molecule has 0 fully saturated rings. The van der Waals surface area contributed by atoms with Gasteiger partial charge in [-0.25, -0.2) is 14.0 Å². The van der Waals surface area contributed by atoms with Crippen LogP contribution >= 0.6 is 0 Å². The molecular weight excluding hydrogens is 217 g/mol. The highest BCUT2D eigenvalue weighted by Gasteiger charge is 2.24. The number of methoxy groups -OCH3 is 1. The van der Waals surface area contributed by atoms with E-state index in [1.54, 1.807) is 0 Å². The quantitative estimate of drug-likeness (QED) is 0.816. The lowest BCUT2D eigenvalue weighted by Crippen LogP contribution is -2.34. The summed E-state index contributed by atoms with van der Waals surface area (Å²) in [7, 11) is 1.09. The Morgan fingerprint density at radius 3 is 2.56 bits per heavy atom. The third-order valence-corrected chi connectivity index (χ3v) is 1.91. The van der Waals surface area contributed by atoms with E-state index in [0.29, 0.717) is 0 Å². The van der Waals surface area contributed by atoms with Crippen molar-refractivity contribution in [3.8, 4) is 0 Å². The number of rotatable bonds is 3. The van der Waals surface area contributed by atoms with E-state index in [4.69, 9.17) is 5.11 Å². The number of carbonyl (C=O) groups is 2. The highest BCUT2D eigenvalue weighted by atomic mass is 19.1. The van der Waals surface area contributed by atoms with Crippen molar-refractivity contribution < 1.29 is 23.8 Å². The summed E-state index contributed by atoms with van der Waals surface area (Å²) in [4.78, 5) is 21.8. The fourth-order valence-electron chi connectivity index (χ4n) is 1.16. The smallest absolute Gasteiger partial charge is 0.407 e. The summed E-state index contributed by atoms with van der Waals surface area (Å²) < 4.78 is 17.6. The van der Waals surface area contributed by atoms with Crippen LogP contribution in [0, 0.1) is 5.82 Å². The summed E-state index contributed by atoms with van der Waals surface area (Å²) in [6.45, 7) is 0. The van der Waals surface area contributed by atoms with Crippen molar-refractivity contribution in [2.24, 2.45) is 0 Å². The third-order valence-electron chi connectivity index (χ3n) is 1.91. The van der Waals surface area contributed by atoms with Crippen LogP contribution in [0.5, 0.6) is 0 Å². The van der Waals surface area contributed by atoms with Gasteiger partial charge in [0.2, 0.25) is 0 Å². The van der Waals surface area contributed by atoms with Crippen LogP contribution in [0.3, 0.4) is 0 Å². The van der Waals surface area contributed by atoms with Gasteiger partial charge < -0.3 is 15.2 Å². The minimum Gasteiger partial charge on any atom is -0.479 e.